The molecule has 3 heterocycles. The molecular formula is C24H27N3OS. The Balaban J connectivity index is 1.50. The molecule has 5 rings (SSSR count). The number of carbonyl (C=O) groups is 1. The maximum absolute atomic E-state index is 13.3. The fourth-order valence-corrected chi connectivity index (χ4v) is 6.19. The lowest BCUT2D eigenvalue weighted by molar-refractivity contribution is 0.167. The molecule has 2 aromatic heterocycles. The predicted octanol–water partition coefficient (Wildman–Crippen LogP) is 5.59. The molecule has 1 atom stereocenters. The summed E-state index contributed by atoms with van der Waals surface area (Å²) in [4.78, 5) is 16.9. The van der Waals surface area contributed by atoms with Crippen LogP contribution < -0.4 is 5.32 Å². The van der Waals surface area contributed by atoms with Gasteiger partial charge in [0.05, 0.1) is 12.6 Å². The van der Waals surface area contributed by atoms with Crippen molar-refractivity contribution in [3.63, 3.8) is 0 Å². The Morgan fingerprint density at radius 1 is 1.10 bits per heavy atom. The van der Waals surface area contributed by atoms with Gasteiger partial charge in [0.2, 0.25) is 0 Å². The average Bonchev–Trinajstić information content (AvgIpc) is 3.35. The minimum atomic E-state index is 0.0251. The Labute approximate surface area is 176 Å². The fraction of sp³-hybridized carbons (Fsp3) is 0.375. The number of nitrogens with one attached hydrogen (secondary N) is 1. The summed E-state index contributed by atoms with van der Waals surface area (Å²) in [6, 6.07) is 14.5. The number of carbonyl (C=O) groups excluding carboxylic acids is 1. The molecule has 0 radical (unpaired) electrons. The van der Waals surface area contributed by atoms with Crippen molar-refractivity contribution >= 4 is 17.4 Å². The summed E-state index contributed by atoms with van der Waals surface area (Å²) in [5, 5.41) is 4.50. The lowest BCUT2D eigenvalue weighted by Gasteiger charge is -2.30. The van der Waals surface area contributed by atoms with Gasteiger partial charge in [0.1, 0.15) is 5.00 Å². The van der Waals surface area contributed by atoms with Crippen molar-refractivity contribution in [1.29, 1.82) is 0 Å². The summed E-state index contributed by atoms with van der Waals surface area (Å²) < 4.78 is 2.34. The summed E-state index contributed by atoms with van der Waals surface area (Å²) in [5.41, 5.74) is 5.22. The fourth-order valence-electron chi connectivity index (χ4n) is 4.78. The molecule has 0 saturated heterocycles. The normalized spacial score (nSPS) is 17.8. The Morgan fingerprint density at radius 3 is 2.76 bits per heavy atom. The van der Waals surface area contributed by atoms with E-state index in [2.05, 4.69) is 52.2 Å². The molecule has 0 fully saturated rings. The highest BCUT2D eigenvalue weighted by Gasteiger charge is 2.34. The van der Waals surface area contributed by atoms with Crippen LogP contribution in [0.1, 0.15) is 59.5 Å². The molecule has 1 aromatic carbocycles. The summed E-state index contributed by atoms with van der Waals surface area (Å²) in [6.45, 7) is 3.43. The molecular weight excluding hydrogens is 378 g/mol. The van der Waals surface area contributed by atoms with Gasteiger partial charge in [-0.15, -0.1) is 11.3 Å². The topological polar surface area (TPSA) is 37.3 Å². The van der Waals surface area contributed by atoms with Crippen LogP contribution in [-0.2, 0) is 25.9 Å². The second kappa shape index (κ2) is 7.71. The van der Waals surface area contributed by atoms with Crippen molar-refractivity contribution in [2.75, 3.05) is 0 Å². The number of rotatable bonds is 3. The maximum atomic E-state index is 13.3. The van der Waals surface area contributed by atoms with Crippen LogP contribution in [0.4, 0.5) is 4.79 Å². The number of urea groups is 1. The summed E-state index contributed by atoms with van der Waals surface area (Å²) in [5.74, 6) is 0. The molecule has 1 N–H and O–H groups in total. The molecule has 4 nitrogen and oxygen atoms in total. The molecule has 0 bridgehead atoms. The van der Waals surface area contributed by atoms with E-state index in [1.165, 1.54) is 46.0 Å². The van der Waals surface area contributed by atoms with E-state index in [1.807, 2.05) is 29.5 Å². The van der Waals surface area contributed by atoms with Crippen LogP contribution in [0.3, 0.4) is 0 Å². The highest BCUT2D eigenvalue weighted by molar-refractivity contribution is 7.15. The molecule has 3 aromatic rings. The van der Waals surface area contributed by atoms with Crippen LogP contribution in [0.2, 0.25) is 0 Å². The van der Waals surface area contributed by atoms with Gasteiger partial charge in [0.25, 0.3) is 0 Å². The van der Waals surface area contributed by atoms with Crippen LogP contribution in [0.5, 0.6) is 0 Å². The smallest absolute Gasteiger partial charge is 0.318 e. The second-order valence-electron chi connectivity index (χ2n) is 7.99. The average molecular weight is 406 g/mol. The summed E-state index contributed by atoms with van der Waals surface area (Å²) >= 11 is 1.94. The van der Waals surface area contributed by atoms with Crippen LogP contribution in [0, 0.1) is 0 Å². The van der Waals surface area contributed by atoms with Gasteiger partial charge in [0, 0.05) is 28.9 Å². The van der Waals surface area contributed by atoms with Gasteiger partial charge in [-0.2, -0.15) is 0 Å². The van der Waals surface area contributed by atoms with Crippen LogP contribution in [0.15, 0.2) is 48.7 Å². The molecule has 1 aliphatic carbocycles. The zero-order chi connectivity index (χ0) is 19.8. The van der Waals surface area contributed by atoms with Crippen molar-refractivity contribution in [3.8, 4) is 5.00 Å². The lowest BCUT2D eigenvalue weighted by atomic mass is 9.95. The first-order valence-electron chi connectivity index (χ1n) is 10.7. The number of thiophene rings is 1. The van der Waals surface area contributed by atoms with Gasteiger partial charge in [0.15, 0.2) is 0 Å². The number of hydrogen-bond acceptors (Lipinski definition) is 2. The van der Waals surface area contributed by atoms with Gasteiger partial charge in [-0.3, -0.25) is 0 Å². The second-order valence-corrected chi connectivity index (χ2v) is 9.08. The monoisotopic (exact) mass is 405 g/mol. The molecule has 2 aliphatic rings. The number of hydrogen-bond donors (Lipinski definition) is 1. The number of nitrogens with zero attached hydrogens (tertiary/aromatic N) is 2. The lowest BCUT2D eigenvalue weighted by Crippen LogP contribution is -2.41. The first kappa shape index (κ1) is 18.5. The van der Waals surface area contributed by atoms with Gasteiger partial charge < -0.3 is 14.8 Å². The molecule has 150 valence electrons. The third-order valence-electron chi connectivity index (χ3n) is 6.24. The Morgan fingerprint density at radius 2 is 1.93 bits per heavy atom. The van der Waals surface area contributed by atoms with Crippen LogP contribution >= 0.6 is 11.3 Å². The third-order valence-corrected chi connectivity index (χ3v) is 7.57. The molecule has 1 aliphatic heterocycles. The highest BCUT2D eigenvalue weighted by Crippen LogP contribution is 2.42. The Kier molecular flexibility index (Phi) is 4.92. The van der Waals surface area contributed by atoms with Crippen molar-refractivity contribution in [2.45, 2.75) is 58.2 Å². The predicted molar refractivity (Wildman–Crippen MR) is 118 cm³/mol. The molecule has 2 amide bonds. The number of aryl methyl sites for hydroxylation is 1. The van der Waals surface area contributed by atoms with E-state index in [0.29, 0.717) is 13.1 Å². The maximum Gasteiger partial charge on any atom is 0.318 e. The SMILES string of the molecule is CC[C@H]1c2cccn2-c2sc3c(c2CN1C(=O)NCc1ccccc1)CCCC3. The Hall–Kier alpha value is -2.53. The largest absolute Gasteiger partial charge is 0.334 e. The summed E-state index contributed by atoms with van der Waals surface area (Å²) in [7, 11) is 0. The third kappa shape index (κ3) is 3.27. The van der Waals surface area contributed by atoms with Gasteiger partial charge in [-0.1, -0.05) is 37.3 Å². The number of benzene rings is 1. The van der Waals surface area contributed by atoms with E-state index in [0.717, 1.165) is 18.4 Å². The van der Waals surface area contributed by atoms with Crippen molar-refractivity contribution in [2.24, 2.45) is 0 Å². The van der Waals surface area contributed by atoms with Gasteiger partial charge >= 0.3 is 6.03 Å². The number of fused-ring (bicyclic) bond motifs is 5. The van der Waals surface area contributed by atoms with E-state index in [1.54, 1.807) is 0 Å². The minimum absolute atomic E-state index is 0.0251. The molecule has 0 saturated carbocycles. The molecule has 0 spiro atoms. The quantitative estimate of drug-likeness (QED) is 0.606. The summed E-state index contributed by atoms with van der Waals surface area (Å²) in [6.07, 6.45) is 7.94. The zero-order valence-electron chi connectivity index (χ0n) is 16.9. The highest BCUT2D eigenvalue weighted by atomic mass is 32.1. The van der Waals surface area contributed by atoms with E-state index < -0.39 is 0 Å². The minimum Gasteiger partial charge on any atom is -0.334 e. The standard InChI is InChI=1S/C24H27N3OS/c1-2-20-21-12-8-14-26(21)23-19(18-11-6-7-13-22(18)29-23)16-27(20)24(28)25-15-17-9-4-3-5-10-17/h3-5,8-10,12,14,20H,2,6-7,11,13,15-16H2,1H3,(H,25,28)/t20-/m0/s1. The van der Waals surface area contributed by atoms with Crippen LogP contribution in [-0.4, -0.2) is 15.5 Å². The van der Waals surface area contributed by atoms with Gasteiger partial charge in [-0.25, -0.2) is 4.79 Å². The van der Waals surface area contributed by atoms with E-state index in [9.17, 15) is 4.79 Å². The zero-order valence-corrected chi connectivity index (χ0v) is 17.7. The van der Waals surface area contributed by atoms with Gasteiger partial charge in [-0.05, 0) is 55.4 Å². The van der Waals surface area contributed by atoms with Crippen molar-refractivity contribution in [3.05, 3.63) is 75.9 Å². The number of amides is 2. The van der Waals surface area contributed by atoms with Crippen molar-refractivity contribution < 1.29 is 4.79 Å². The van der Waals surface area contributed by atoms with Crippen LogP contribution in [0.25, 0.3) is 5.00 Å². The molecule has 0 unspecified atom stereocenters. The first-order valence-corrected chi connectivity index (χ1v) is 11.5. The van der Waals surface area contributed by atoms with E-state index >= 15 is 0 Å². The first-order chi connectivity index (χ1) is 14.3. The molecule has 29 heavy (non-hydrogen) atoms. The Bertz CT molecular complexity index is 1020. The van der Waals surface area contributed by atoms with E-state index in [-0.39, 0.29) is 12.1 Å². The van der Waals surface area contributed by atoms with Crippen molar-refractivity contribution in [1.82, 2.24) is 14.8 Å². The van der Waals surface area contributed by atoms with E-state index in [4.69, 9.17) is 0 Å². The number of aromatic nitrogens is 1. The molecule has 5 heteroatoms.